The summed E-state index contributed by atoms with van der Waals surface area (Å²) in [5.41, 5.74) is 0.944. The second-order valence-electron chi connectivity index (χ2n) is 4.66. The number of hydrogen-bond donors (Lipinski definition) is 0. The number of nitrogens with zero attached hydrogens (tertiary/aromatic N) is 3. The zero-order valence-corrected chi connectivity index (χ0v) is 11.8. The average Bonchev–Trinajstić information content (AvgIpc) is 2.36. The third-order valence-electron chi connectivity index (χ3n) is 2.98. The molecule has 0 saturated carbocycles. The van der Waals surface area contributed by atoms with Crippen LogP contribution in [0.2, 0.25) is 0 Å². The van der Waals surface area contributed by atoms with Crippen molar-refractivity contribution in [3.8, 4) is 5.88 Å². The van der Waals surface area contributed by atoms with E-state index in [2.05, 4.69) is 21.8 Å². The summed E-state index contributed by atoms with van der Waals surface area (Å²) in [6.45, 7) is 6.59. The van der Waals surface area contributed by atoms with Crippen LogP contribution in [-0.4, -0.2) is 35.0 Å². The summed E-state index contributed by atoms with van der Waals surface area (Å²) in [6, 6.07) is 1.88. The molecule has 0 radical (unpaired) electrons. The van der Waals surface area contributed by atoms with E-state index in [1.54, 1.807) is 0 Å². The third kappa shape index (κ3) is 3.48. The molecular formula is C13H20ClN3O. The van der Waals surface area contributed by atoms with Crippen molar-refractivity contribution >= 4 is 17.5 Å². The first-order valence-electron chi connectivity index (χ1n) is 6.56. The minimum Gasteiger partial charge on any atom is -0.478 e. The minimum atomic E-state index is 0.293. The predicted molar refractivity (Wildman–Crippen MR) is 73.6 cm³/mol. The Morgan fingerprint density at radius 2 is 2.11 bits per heavy atom. The number of rotatable bonds is 4. The van der Waals surface area contributed by atoms with Gasteiger partial charge in [-0.25, -0.2) is 4.98 Å². The van der Waals surface area contributed by atoms with Crippen molar-refractivity contribution in [1.82, 2.24) is 9.97 Å². The van der Waals surface area contributed by atoms with Crippen LogP contribution in [0.3, 0.4) is 0 Å². The van der Waals surface area contributed by atoms with Gasteiger partial charge in [-0.05, 0) is 26.2 Å². The average molecular weight is 270 g/mol. The lowest BCUT2D eigenvalue weighted by molar-refractivity contribution is 0.304. The Morgan fingerprint density at radius 1 is 1.39 bits per heavy atom. The topological polar surface area (TPSA) is 38.2 Å². The summed E-state index contributed by atoms with van der Waals surface area (Å²) in [5, 5.41) is 0.293. The molecule has 0 N–H and O–H groups in total. The van der Waals surface area contributed by atoms with Gasteiger partial charge < -0.3 is 9.64 Å². The van der Waals surface area contributed by atoms with E-state index in [-0.39, 0.29) is 0 Å². The lowest BCUT2D eigenvalue weighted by Crippen LogP contribution is -2.35. The van der Waals surface area contributed by atoms with E-state index in [0.29, 0.717) is 17.9 Å². The summed E-state index contributed by atoms with van der Waals surface area (Å²) in [5.74, 6) is 1.44. The van der Waals surface area contributed by atoms with Crippen molar-refractivity contribution in [2.45, 2.75) is 38.5 Å². The Morgan fingerprint density at radius 3 is 2.78 bits per heavy atom. The van der Waals surface area contributed by atoms with Gasteiger partial charge >= 0.3 is 0 Å². The van der Waals surface area contributed by atoms with Gasteiger partial charge in [-0.1, -0.05) is 6.92 Å². The maximum Gasteiger partial charge on any atom is 0.228 e. The fourth-order valence-electron chi connectivity index (χ4n) is 1.99. The quantitative estimate of drug-likeness (QED) is 0.788. The van der Waals surface area contributed by atoms with E-state index >= 15 is 0 Å². The number of halogens is 1. The van der Waals surface area contributed by atoms with E-state index in [4.69, 9.17) is 16.3 Å². The highest BCUT2D eigenvalue weighted by atomic mass is 35.5. The largest absolute Gasteiger partial charge is 0.478 e. The Hall–Kier alpha value is -1.03. The van der Waals surface area contributed by atoms with Gasteiger partial charge in [-0.2, -0.15) is 4.98 Å². The van der Waals surface area contributed by atoms with Crippen LogP contribution in [0.4, 0.5) is 5.95 Å². The molecule has 1 aliphatic heterocycles. The Bertz CT molecular complexity index is 392. The summed E-state index contributed by atoms with van der Waals surface area (Å²) < 4.78 is 5.58. The highest BCUT2D eigenvalue weighted by Crippen LogP contribution is 2.21. The van der Waals surface area contributed by atoms with Crippen molar-refractivity contribution in [3.05, 3.63) is 11.8 Å². The number of aromatic nitrogens is 2. The van der Waals surface area contributed by atoms with Crippen LogP contribution in [0.1, 0.15) is 31.9 Å². The zero-order chi connectivity index (χ0) is 13.0. The van der Waals surface area contributed by atoms with Crippen molar-refractivity contribution < 1.29 is 4.74 Å². The molecule has 0 amide bonds. The Labute approximate surface area is 113 Å². The Kier molecular flexibility index (Phi) is 4.64. The molecule has 100 valence electrons. The second-order valence-corrected chi connectivity index (χ2v) is 5.27. The fraction of sp³-hybridized carbons (Fsp3) is 0.692. The van der Waals surface area contributed by atoms with Crippen LogP contribution >= 0.6 is 11.6 Å². The molecule has 0 atom stereocenters. The summed E-state index contributed by atoms with van der Waals surface area (Å²) in [6.07, 6.45) is 2.96. The van der Waals surface area contributed by atoms with Gasteiger partial charge in [-0.3, -0.25) is 0 Å². The van der Waals surface area contributed by atoms with Crippen molar-refractivity contribution in [2.24, 2.45) is 0 Å². The molecule has 4 nitrogen and oxygen atoms in total. The first-order valence-corrected chi connectivity index (χ1v) is 7.00. The lowest BCUT2D eigenvalue weighted by Gasteiger charge is -2.29. The molecule has 5 heteroatoms. The van der Waals surface area contributed by atoms with Gasteiger partial charge in [0, 0.05) is 30.2 Å². The van der Waals surface area contributed by atoms with Gasteiger partial charge in [-0.15, -0.1) is 11.6 Å². The number of alkyl halides is 1. The van der Waals surface area contributed by atoms with Gasteiger partial charge in [0.15, 0.2) is 0 Å². The predicted octanol–water partition coefficient (Wildman–Crippen LogP) is 2.78. The minimum absolute atomic E-state index is 0.293. The van der Waals surface area contributed by atoms with E-state index in [1.165, 1.54) is 0 Å². The van der Waals surface area contributed by atoms with Crippen LogP contribution < -0.4 is 9.64 Å². The van der Waals surface area contributed by atoms with E-state index in [9.17, 15) is 0 Å². The molecule has 1 aromatic heterocycles. The standard InChI is InChI=1S/C13H20ClN3O/c1-3-8-18-12-9-10(2)15-13(16-12)17-6-4-11(14)5-7-17/h9,11H,3-8H2,1-2H3. The number of anilines is 1. The number of piperidine rings is 1. The highest BCUT2D eigenvalue weighted by molar-refractivity contribution is 6.20. The first-order chi connectivity index (χ1) is 8.69. The van der Waals surface area contributed by atoms with Gasteiger partial charge in [0.2, 0.25) is 11.8 Å². The van der Waals surface area contributed by atoms with E-state index in [1.807, 2.05) is 13.0 Å². The van der Waals surface area contributed by atoms with Crippen molar-refractivity contribution in [2.75, 3.05) is 24.6 Å². The highest BCUT2D eigenvalue weighted by Gasteiger charge is 2.19. The number of hydrogen-bond acceptors (Lipinski definition) is 4. The second kappa shape index (κ2) is 6.23. The van der Waals surface area contributed by atoms with Gasteiger partial charge in [0.1, 0.15) is 0 Å². The maximum absolute atomic E-state index is 6.11. The molecular weight excluding hydrogens is 250 g/mol. The molecule has 1 aliphatic rings. The molecule has 18 heavy (non-hydrogen) atoms. The summed E-state index contributed by atoms with van der Waals surface area (Å²) in [7, 11) is 0. The lowest BCUT2D eigenvalue weighted by atomic mass is 10.1. The SMILES string of the molecule is CCCOc1cc(C)nc(N2CCC(Cl)CC2)n1. The molecule has 0 bridgehead atoms. The smallest absolute Gasteiger partial charge is 0.228 e. The fourth-order valence-corrected chi connectivity index (χ4v) is 2.19. The van der Waals surface area contributed by atoms with Crippen LogP contribution in [0.15, 0.2) is 6.07 Å². The normalized spacial score (nSPS) is 16.9. The molecule has 1 saturated heterocycles. The zero-order valence-electron chi connectivity index (χ0n) is 11.0. The maximum atomic E-state index is 6.11. The molecule has 0 spiro atoms. The summed E-state index contributed by atoms with van der Waals surface area (Å²) >= 11 is 6.11. The molecule has 0 aromatic carbocycles. The van der Waals surface area contributed by atoms with E-state index in [0.717, 1.165) is 44.0 Å². The first kappa shape index (κ1) is 13.4. The number of ether oxygens (including phenoxy) is 1. The molecule has 2 rings (SSSR count). The van der Waals surface area contributed by atoms with Crippen LogP contribution in [0.5, 0.6) is 5.88 Å². The van der Waals surface area contributed by atoms with Crippen molar-refractivity contribution in [3.63, 3.8) is 0 Å². The van der Waals surface area contributed by atoms with Gasteiger partial charge in [0.05, 0.1) is 6.61 Å². The van der Waals surface area contributed by atoms with Crippen molar-refractivity contribution in [1.29, 1.82) is 0 Å². The monoisotopic (exact) mass is 269 g/mol. The molecule has 0 unspecified atom stereocenters. The molecule has 1 fully saturated rings. The molecule has 1 aromatic rings. The Balaban J connectivity index is 2.09. The third-order valence-corrected chi connectivity index (χ3v) is 3.42. The summed E-state index contributed by atoms with van der Waals surface area (Å²) in [4.78, 5) is 11.1. The van der Waals surface area contributed by atoms with Crippen LogP contribution in [0, 0.1) is 6.92 Å². The van der Waals surface area contributed by atoms with Crippen LogP contribution in [0.25, 0.3) is 0 Å². The van der Waals surface area contributed by atoms with E-state index < -0.39 is 0 Å². The van der Waals surface area contributed by atoms with Gasteiger partial charge in [0.25, 0.3) is 0 Å². The molecule has 0 aliphatic carbocycles. The van der Waals surface area contributed by atoms with Crippen LogP contribution in [-0.2, 0) is 0 Å². The number of aryl methyl sites for hydroxylation is 1. The molecule has 2 heterocycles.